The van der Waals surface area contributed by atoms with Gasteiger partial charge in [-0.2, -0.15) is 0 Å². The molecule has 1 saturated carbocycles. The van der Waals surface area contributed by atoms with Gasteiger partial charge in [0, 0.05) is 17.0 Å². The fourth-order valence-electron chi connectivity index (χ4n) is 3.37. The van der Waals surface area contributed by atoms with Gasteiger partial charge in [-0.05, 0) is 24.3 Å². The summed E-state index contributed by atoms with van der Waals surface area (Å²) in [6, 6.07) is 4.28. The molecular weight excluding hydrogens is 278 g/mol. The Morgan fingerprint density at radius 2 is 1.52 bits per heavy atom. The number of hydrogen-bond acceptors (Lipinski definition) is 3. The van der Waals surface area contributed by atoms with Crippen molar-refractivity contribution in [1.29, 1.82) is 0 Å². The van der Waals surface area contributed by atoms with Crippen molar-refractivity contribution in [3.63, 3.8) is 0 Å². The van der Waals surface area contributed by atoms with Crippen LogP contribution in [0, 0.1) is 0 Å². The summed E-state index contributed by atoms with van der Waals surface area (Å²) in [6.45, 7) is 1.18. The van der Waals surface area contributed by atoms with E-state index in [4.69, 9.17) is 0 Å². The zero-order valence-electron chi connectivity index (χ0n) is 13.3. The number of rotatable bonds is 4. The van der Waals surface area contributed by atoms with Crippen molar-refractivity contribution in [3.05, 3.63) is 22.4 Å². The molecule has 1 aliphatic rings. The molecule has 2 N–H and O–H groups in total. The number of aliphatic hydroxyl groups excluding tert-OH is 1. The number of hydrogen-bond donors (Lipinski definition) is 2. The summed E-state index contributed by atoms with van der Waals surface area (Å²) in [4.78, 5) is 1.37. The smallest absolute Gasteiger partial charge is 0.0613 e. The lowest BCUT2D eigenvalue weighted by molar-refractivity contribution is 0.134. The average molecular weight is 310 g/mol. The van der Waals surface area contributed by atoms with E-state index in [0.717, 1.165) is 19.4 Å². The van der Waals surface area contributed by atoms with Gasteiger partial charge >= 0.3 is 0 Å². The van der Waals surface area contributed by atoms with E-state index in [2.05, 4.69) is 22.8 Å². The van der Waals surface area contributed by atoms with Gasteiger partial charge in [0.15, 0.2) is 0 Å². The molecule has 0 radical (unpaired) electrons. The molecule has 3 heteroatoms. The molecule has 120 valence electrons. The third-order valence-corrected chi connectivity index (χ3v) is 5.71. The van der Waals surface area contributed by atoms with Crippen LogP contribution in [0.4, 0.5) is 0 Å². The van der Waals surface area contributed by atoms with E-state index in [1.807, 2.05) is 0 Å². The van der Waals surface area contributed by atoms with Crippen molar-refractivity contribution < 1.29 is 5.11 Å². The molecular formula is C18H31NOS. The zero-order valence-corrected chi connectivity index (χ0v) is 14.1. The second kappa shape index (κ2) is 9.60. The Balaban J connectivity index is 1.89. The molecule has 21 heavy (non-hydrogen) atoms. The van der Waals surface area contributed by atoms with Gasteiger partial charge in [-0.1, -0.05) is 63.9 Å². The fourth-order valence-corrected chi connectivity index (χ4v) is 4.01. The van der Waals surface area contributed by atoms with Crippen LogP contribution in [-0.2, 0) is 6.54 Å². The van der Waals surface area contributed by atoms with Gasteiger partial charge in [0.05, 0.1) is 6.61 Å². The highest BCUT2D eigenvalue weighted by Gasteiger charge is 2.27. The average Bonchev–Trinajstić information content (AvgIpc) is 3.01. The van der Waals surface area contributed by atoms with Crippen LogP contribution in [0.15, 0.2) is 17.5 Å². The minimum atomic E-state index is -0.0524. The predicted molar refractivity (Wildman–Crippen MR) is 91.8 cm³/mol. The number of aliphatic hydroxyl groups is 1. The molecule has 1 heterocycles. The second-order valence-electron chi connectivity index (χ2n) is 6.55. The highest BCUT2D eigenvalue weighted by atomic mass is 32.1. The summed E-state index contributed by atoms with van der Waals surface area (Å²) in [5.41, 5.74) is -0.0524. The van der Waals surface area contributed by atoms with Gasteiger partial charge in [-0.15, -0.1) is 11.3 Å². The van der Waals surface area contributed by atoms with E-state index in [0.29, 0.717) is 0 Å². The molecule has 0 saturated heterocycles. The Labute approximate surface area is 134 Å². The summed E-state index contributed by atoms with van der Waals surface area (Å²) in [6.07, 6.45) is 14.3. The molecule has 0 atom stereocenters. The monoisotopic (exact) mass is 309 g/mol. The molecule has 1 aromatic rings. The summed E-state index contributed by atoms with van der Waals surface area (Å²) >= 11 is 1.80. The zero-order chi connectivity index (χ0) is 14.8. The minimum Gasteiger partial charge on any atom is -0.394 e. The van der Waals surface area contributed by atoms with Crippen LogP contribution in [0.2, 0.25) is 0 Å². The first-order valence-electron chi connectivity index (χ1n) is 8.73. The SMILES string of the molecule is OCC1(NCc2cccs2)CCCCCCCCCCC1. The Hall–Kier alpha value is -0.380. The maximum atomic E-state index is 10.0. The van der Waals surface area contributed by atoms with Crippen LogP contribution < -0.4 is 5.32 Å². The van der Waals surface area contributed by atoms with Gasteiger partial charge in [0.1, 0.15) is 0 Å². The maximum absolute atomic E-state index is 10.0. The van der Waals surface area contributed by atoms with E-state index in [9.17, 15) is 5.11 Å². The first-order valence-corrected chi connectivity index (χ1v) is 9.61. The Kier molecular flexibility index (Phi) is 7.76. The molecule has 0 unspecified atom stereocenters. The Bertz CT molecular complexity index is 351. The topological polar surface area (TPSA) is 32.3 Å². The highest BCUT2D eigenvalue weighted by Crippen LogP contribution is 2.25. The standard InChI is InChI=1S/C18H31NOS/c20-16-18(19-15-17-11-10-14-21-17)12-8-6-4-2-1-3-5-7-9-13-18/h10-11,14,19-20H,1-9,12-13,15-16H2. The van der Waals surface area contributed by atoms with Crippen molar-refractivity contribution >= 4 is 11.3 Å². The lowest BCUT2D eigenvalue weighted by atomic mass is 9.86. The van der Waals surface area contributed by atoms with E-state index in [1.165, 1.54) is 62.7 Å². The van der Waals surface area contributed by atoms with Crippen LogP contribution in [0.5, 0.6) is 0 Å². The number of thiophene rings is 1. The van der Waals surface area contributed by atoms with Gasteiger partial charge < -0.3 is 10.4 Å². The normalized spacial score (nSPS) is 21.4. The van der Waals surface area contributed by atoms with Crippen molar-refractivity contribution in [2.75, 3.05) is 6.61 Å². The molecule has 0 aromatic carbocycles. The van der Waals surface area contributed by atoms with Gasteiger partial charge in [-0.3, -0.25) is 0 Å². The van der Waals surface area contributed by atoms with E-state index in [-0.39, 0.29) is 12.1 Å². The highest BCUT2D eigenvalue weighted by molar-refractivity contribution is 7.09. The maximum Gasteiger partial charge on any atom is 0.0613 e. The van der Waals surface area contributed by atoms with E-state index >= 15 is 0 Å². The van der Waals surface area contributed by atoms with Crippen LogP contribution in [0.25, 0.3) is 0 Å². The molecule has 0 bridgehead atoms. The summed E-state index contributed by atoms with van der Waals surface area (Å²) in [7, 11) is 0. The first-order chi connectivity index (χ1) is 10.3. The van der Waals surface area contributed by atoms with E-state index in [1.54, 1.807) is 11.3 Å². The van der Waals surface area contributed by atoms with Crippen LogP contribution >= 0.6 is 11.3 Å². The van der Waals surface area contributed by atoms with Crippen molar-refractivity contribution in [1.82, 2.24) is 5.32 Å². The van der Waals surface area contributed by atoms with Crippen molar-refractivity contribution in [3.8, 4) is 0 Å². The molecule has 0 spiro atoms. The largest absolute Gasteiger partial charge is 0.394 e. The van der Waals surface area contributed by atoms with Gasteiger partial charge in [0.2, 0.25) is 0 Å². The summed E-state index contributed by atoms with van der Waals surface area (Å²) in [5, 5.41) is 15.8. The molecule has 1 aliphatic carbocycles. The Morgan fingerprint density at radius 3 is 2.00 bits per heavy atom. The molecule has 0 amide bonds. The van der Waals surface area contributed by atoms with Crippen molar-refractivity contribution in [2.45, 2.75) is 82.7 Å². The lowest BCUT2D eigenvalue weighted by Crippen LogP contribution is -2.48. The molecule has 1 aromatic heterocycles. The minimum absolute atomic E-state index is 0.0524. The summed E-state index contributed by atoms with van der Waals surface area (Å²) in [5.74, 6) is 0. The summed E-state index contributed by atoms with van der Waals surface area (Å²) < 4.78 is 0. The van der Waals surface area contributed by atoms with Crippen molar-refractivity contribution in [2.24, 2.45) is 0 Å². The number of nitrogens with one attached hydrogen (secondary N) is 1. The molecule has 2 nitrogen and oxygen atoms in total. The third-order valence-electron chi connectivity index (χ3n) is 4.83. The molecule has 2 rings (SSSR count). The lowest BCUT2D eigenvalue weighted by Gasteiger charge is -2.34. The van der Waals surface area contributed by atoms with Crippen LogP contribution in [0.3, 0.4) is 0 Å². The first kappa shape index (κ1) is 17.0. The fraction of sp³-hybridized carbons (Fsp3) is 0.778. The molecule has 1 fully saturated rings. The quantitative estimate of drug-likeness (QED) is 0.831. The Morgan fingerprint density at radius 1 is 0.952 bits per heavy atom. The predicted octanol–water partition coefficient (Wildman–Crippen LogP) is 4.87. The van der Waals surface area contributed by atoms with Gasteiger partial charge in [-0.25, -0.2) is 0 Å². The second-order valence-corrected chi connectivity index (χ2v) is 7.59. The van der Waals surface area contributed by atoms with Crippen LogP contribution in [-0.4, -0.2) is 17.3 Å². The molecule has 0 aliphatic heterocycles. The van der Waals surface area contributed by atoms with E-state index < -0.39 is 0 Å². The van der Waals surface area contributed by atoms with Gasteiger partial charge in [0.25, 0.3) is 0 Å². The third kappa shape index (κ3) is 6.09. The van der Waals surface area contributed by atoms with Crippen LogP contribution in [0.1, 0.15) is 75.5 Å².